The number of aliphatic hydroxyl groups is 1. The second-order valence-corrected chi connectivity index (χ2v) is 3.84. The Morgan fingerprint density at radius 3 is 2.88 bits per heavy atom. The van der Waals surface area contributed by atoms with Crippen LogP contribution in [0.15, 0.2) is 43.0 Å². The van der Waals surface area contributed by atoms with Gasteiger partial charge >= 0.3 is 0 Å². The maximum atomic E-state index is 9.74. The Hall–Kier alpha value is -1.16. The molecule has 16 heavy (non-hydrogen) atoms. The molecule has 86 valence electrons. The van der Waals surface area contributed by atoms with Crippen molar-refractivity contribution >= 4 is 0 Å². The van der Waals surface area contributed by atoms with E-state index < -0.39 is 6.10 Å². The van der Waals surface area contributed by atoms with E-state index >= 15 is 0 Å². The van der Waals surface area contributed by atoms with E-state index in [1.165, 1.54) is 0 Å². The van der Waals surface area contributed by atoms with Crippen LogP contribution in [0.5, 0.6) is 0 Å². The summed E-state index contributed by atoms with van der Waals surface area (Å²) in [4.78, 5) is 0. The number of hydrogen-bond acceptors (Lipinski definition) is 3. The molecule has 0 aromatic heterocycles. The predicted molar refractivity (Wildman–Crippen MR) is 60.8 cm³/mol. The number of hydrogen-bond donors (Lipinski definition) is 1. The predicted octanol–water partition coefficient (Wildman–Crippen LogP) is 2.04. The Balaban J connectivity index is 1.95. The molecule has 0 bridgehead atoms. The van der Waals surface area contributed by atoms with Gasteiger partial charge in [0, 0.05) is 5.56 Å². The quantitative estimate of drug-likeness (QED) is 0.789. The smallest absolute Gasteiger partial charge is 0.184 e. The molecule has 1 aromatic carbocycles. The van der Waals surface area contributed by atoms with Gasteiger partial charge in [0.25, 0.3) is 0 Å². The summed E-state index contributed by atoms with van der Waals surface area (Å²) in [6.07, 6.45) is 1.06. The van der Waals surface area contributed by atoms with Crippen molar-refractivity contribution in [2.24, 2.45) is 0 Å². The first-order chi connectivity index (χ1) is 7.81. The molecule has 1 fully saturated rings. The molecular formula is C13H16O3. The van der Waals surface area contributed by atoms with Crippen LogP contribution in [0, 0.1) is 0 Å². The molecule has 1 unspecified atom stereocenters. The minimum atomic E-state index is -0.536. The average molecular weight is 220 g/mol. The van der Waals surface area contributed by atoms with Crippen molar-refractivity contribution in [3.05, 3.63) is 48.6 Å². The fourth-order valence-corrected chi connectivity index (χ4v) is 1.73. The van der Waals surface area contributed by atoms with Crippen molar-refractivity contribution in [2.75, 3.05) is 6.61 Å². The van der Waals surface area contributed by atoms with E-state index in [9.17, 15) is 5.11 Å². The van der Waals surface area contributed by atoms with Gasteiger partial charge in [-0.3, -0.25) is 0 Å². The first kappa shape index (κ1) is 11.3. The number of rotatable bonds is 4. The summed E-state index contributed by atoms with van der Waals surface area (Å²) in [7, 11) is 0. The third-order valence-corrected chi connectivity index (χ3v) is 2.62. The largest absolute Gasteiger partial charge is 0.390 e. The van der Waals surface area contributed by atoms with Gasteiger partial charge in [-0.1, -0.05) is 36.4 Å². The fourth-order valence-electron chi connectivity index (χ4n) is 1.73. The van der Waals surface area contributed by atoms with E-state index in [0.717, 1.165) is 5.56 Å². The van der Waals surface area contributed by atoms with Crippen LogP contribution in [0.4, 0.5) is 0 Å². The lowest BCUT2D eigenvalue weighted by molar-refractivity contribution is -0.0823. The normalized spacial score (nSPS) is 26.6. The molecule has 1 aliphatic rings. The van der Waals surface area contributed by atoms with Crippen molar-refractivity contribution in [3.8, 4) is 0 Å². The van der Waals surface area contributed by atoms with Gasteiger partial charge in [0.2, 0.25) is 0 Å². The van der Waals surface area contributed by atoms with Crippen molar-refractivity contribution < 1.29 is 14.6 Å². The number of benzene rings is 1. The summed E-state index contributed by atoms with van der Waals surface area (Å²) in [6, 6.07) is 9.73. The minimum Gasteiger partial charge on any atom is -0.390 e. The third kappa shape index (κ3) is 2.50. The molecule has 3 heteroatoms. The third-order valence-electron chi connectivity index (χ3n) is 2.62. The van der Waals surface area contributed by atoms with Crippen molar-refractivity contribution in [1.82, 2.24) is 0 Å². The summed E-state index contributed by atoms with van der Waals surface area (Å²) >= 11 is 0. The highest BCUT2D eigenvalue weighted by atomic mass is 16.7. The van der Waals surface area contributed by atoms with Crippen molar-refractivity contribution in [1.29, 1.82) is 0 Å². The van der Waals surface area contributed by atoms with Gasteiger partial charge in [-0.2, -0.15) is 0 Å². The second kappa shape index (κ2) is 5.25. The van der Waals surface area contributed by atoms with E-state index in [1.54, 1.807) is 6.08 Å². The lowest BCUT2D eigenvalue weighted by Gasteiger charge is -2.15. The van der Waals surface area contributed by atoms with Gasteiger partial charge in [-0.15, -0.1) is 6.58 Å². The van der Waals surface area contributed by atoms with Crippen LogP contribution in [0.3, 0.4) is 0 Å². The highest BCUT2D eigenvalue weighted by Gasteiger charge is 2.31. The molecular weight excluding hydrogens is 204 g/mol. The van der Waals surface area contributed by atoms with Crippen LogP contribution in [0.2, 0.25) is 0 Å². The molecule has 1 N–H and O–H groups in total. The molecule has 1 aliphatic heterocycles. The molecule has 0 saturated carbocycles. The monoisotopic (exact) mass is 220 g/mol. The second-order valence-electron chi connectivity index (χ2n) is 3.84. The summed E-state index contributed by atoms with van der Waals surface area (Å²) in [5.74, 6) is 0. The Bertz CT molecular complexity index is 336. The van der Waals surface area contributed by atoms with Crippen LogP contribution in [0.25, 0.3) is 0 Å². The highest BCUT2D eigenvalue weighted by Crippen LogP contribution is 2.28. The fraction of sp³-hybridized carbons (Fsp3) is 0.385. The summed E-state index contributed by atoms with van der Waals surface area (Å²) < 4.78 is 11.1. The van der Waals surface area contributed by atoms with Crippen LogP contribution in [-0.4, -0.2) is 23.9 Å². The Labute approximate surface area is 95.3 Å². The molecule has 3 nitrogen and oxygen atoms in total. The van der Waals surface area contributed by atoms with E-state index in [2.05, 4.69) is 6.58 Å². The first-order valence-electron chi connectivity index (χ1n) is 5.42. The van der Waals surface area contributed by atoms with E-state index in [1.807, 2.05) is 30.3 Å². The van der Waals surface area contributed by atoms with Crippen LogP contribution in [0.1, 0.15) is 18.3 Å². The van der Waals surface area contributed by atoms with Crippen LogP contribution < -0.4 is 0 Å². The van der Waals surface area contributed by atoms with Crippen molar-refractivity contribution in [2.45, 2.75) is 24.9 Å². The number of ether oxygens (including phenoxy) is 2. The topological polar surface area (TPSA) is 38.7 Å². The van der Waals surface area contributed by atoms with Crippen molar-refractivity contribution in [3.63, 3.8) is 0 Å². The van der Waals surface area contributed by atoms with Crippen LogP contribution in [-0.2, 0) is 9.47 Å². The maximum Gasteiger partial charge on any atom is 0.184 e. The first-order valence-corrected chi connectivity index (χ1v) is 5.42. The Kier molecular flexibility index (Phi) is 3.72. The molecule has 3 atom stereocenters. The van der Waals surface area contributed by atoms with E-state index in [4.69, 9.17) is 9.47 Å². The van der Waals surface area contributed by atoms with E-state index in [0.29, 0.717) is 13.0 Å². The molecule has 1 saturated heterocycles. The van der Waals surface area contributed by atoms with E-state index in [-0.39, 0.29) is 12.4 Å². The van der Waals surface area contributed by atoms with Gasteiger partial charge < -0.3 is 14.6 Å². The van der Waals surface area contributed by atoms with Crippen LogP contribution >= 0.6 is 0 Å². The molecule has 1 heterocycles. The standard InChI is InChI=1S/C13H16O3/c1-2-6-11(14)12-9-15-13(16-12)10-7-4-3-5-8-10/h2-5,7-8,11-14H,1,6,9H2/t11-,12-,13?/m0/s1. The van der Waals surface area contributed by atoms with Gasteiger partial charge in [0.05, 0.1) is 12.7 Å². The Morgan fingerprint density at radius 2 is 2.19 bits per heavy atom. The molecule has 0 aliphatic carbocycles. The molecule has 0 spiro atoms. The Morgan fingerprint density at radius 1 is 1.44 bits per heavy atom. The molecule has 0 amide bonds. The molecule has 0 radical (unpaired) electrons. The zero-order chi connectivity index (χ0) is 11.4. The maximum absolute atomic E-state index is 9.74. The average Bonchev–Trinajstić information content (AvgIpc) is 2.80. The lowest BCUT2D eigenvalue weighted by Crippen LogP contribution is -2.27. The molecule has 1 aromatic rings. The summed E-state index contributed by atoms with van der Waals surface area (Å²) in [5, 5.41) is 9.74. The minimum absolute atomic E-state index is 0.261. The summed E-state index contributed by atoms with van der Waals surface area (Å²) in [6.45, 7) is 4.02. The zero-order valence-electron chi connectivity index (χ0n) is 9.08. The number of aliphatic hydroxyl groups excluding tert-OH is 1. The van der Waals surface area contributed by atoms with Gasteiger partial charge in [-0.25, -0.2) is 0 Å². The van der Waals surface area contributed by atoms with Gasteiger partial charge in [-0.05, 0) is 6.42 Å². The highest BCUT2D eigenvalue weighted by molar-refractivity contribution is 5.16. The molecule has 2 rings (SSSR count). The van der Waals surface area contributed by atoms with Gasteiger partial charge in [0.1, 0.15) is 6.10 Å². The zero-order valence-corrected chi connectivity index (χ0v) is 9.08. The SMILES string of the molecule is C=CC[C@H](O)[C@@H]1COC(c2ccccc2)O1. The van der Waals surface area contributed by atoms with Gasteiger partial charge in [0.15, 0.2) is 6.29 Å². The lowest BCUT2D eigenvalue weighted by atomic mass is 10.1. The summed E-state index contributed by atoms with van der Waals surface area (Å²) in [5.41, 5.74) is 0.982.